The van der Waals surface area contributed by atoms with E-state index in [1.54, 1.807) is 24.3 Å². The van der Waals surface area contributed by atoms with Gasteiger partial charge in [0, 0.05) is 17.1 Å². The monoisotopic (exact) mass is 443 g/mol. The zero-order valence-electron chi connectivity index (χ0n) is 18.6. The van der Waals surface area contributed by atoms with Crippen molar-refractivity contribution < 1.29 is 14.5 Å². The molecule has 3 rings (SSSR count). The molecule has 32 heavy (non-hydrogen) atoms. The number of hydrazine groups is 1. The number of nitrogens with zero attached hydrogens (tertiary/aromatic N) is 3. The van der Waals surface area contributed by atoms with E-state index in [9.17, 15) is 14.9 Å². The summed E-state index contributed by atoms with van der Waals surface area (Å²) in [5.41, 5.74) is 4.26. The Labute approximate surface area is 186 Å². The van der Waals surface area contributed by atoms with E-state index in [2.05, 4.69) is 59.1 Å². The second-order valence-electron chi connectivity index (χ2n) is 9.09. The summed E-state index contributed by atoms with van der Waals surface area (Å²) < 4.78 is 5.36. The minimum atomic E-state index is -0.575. The SMILES string of the molecule is CC1(C)CC(Nc2ncnc(NNC(=O)COc3ccccc3)c2[N+](=O)[O-])CC(C)(C)N1. The van der Waals surface area contributed by atoms with E-state index in [4.69, 9.17) is 4.74 Å². The van der Waals surface area contributed by atoms with Gasteiger partial charge in [-0.2, -0.15) is 0 Å². The third kappa shape index (κ3) is 6.27. The van der Waals surface area contributed by atoms with Gasteiger partial charge in [-0.3, -0.25) is 25.8 Å². The highest BCUT2D eigenvalue weighted by Crippen LogP contribution is 2.34. The molecule has 0 radical (unpaired) electrons. The molecule has 172 valence electrons. The molecule has 0 spiro atoms. The maximum atomic E-state index is 12.1. The Balaban J connectivity index is 1.68. The Morgan fingerprint density at radius 1 is 1.16 bits per heavy atom. The number of ether oxygens (including phenoxy) is 1. The normalized spacial score (nSPS) is 17.2. The minimum Gasteiger partial charge on any atom is -0.484 e. The fourth-order valence-corrected chi connectivity index (χ4v) is 4.20. The second-order valence-corrected chi connectivity index (χ2v) is 9.09. The number of anilines is 2. The van der Waals surface area contributed by atoms with Gasteiger partial charge in [0.2, 0.25) is 11.6 Å². The van der Waals surface area contributed by atoms with E-state index >= 15 is 0 Å². The van der Waals surface area contributed by atoms with Crippen molar-refractivity contribution >= 4 is 23.2 Å². The van der Waals surface area contributed by atoms with Gasteiger partial charge in [-0.15, -0.1) is 0 Å². The number of nitrogens with one attached hydrogen (secondary N) is 4. The lowest BCUT2D eigenvalue weighted by atomic mass is 9.79. The molecule has 1 fully saturated rings. The van der Waals surface area contributed by atoms with Crippen LogP contribution in [0.4, 0.5) is 17.3 Å². The molecule has 1 aromatic heterocycles. The van der Waals surface area contributed by atoms with Gasteiger partial charge in [0.25, 0.3) is 5.91 Å². The van der Waals surface area contributed by atoms with Crippen LogP contribution in [0.2, 0.25) is 0 Å². The zero-order valence-corrected chi connectivity index (χ0v) is 18.6. The Bertz CT molecular complexity index is 950. The van der Waals surface area contributed by atoms with Crippen molar-refractivity contribution in [2.45, 2.75) is 57.7 Å². The first-order valence-electron chi connectivity index (χ1n) is 10.3. The largest absolute Gasteiger partial charge is 0.484 e. The molecular weight excluding hydrogens is 414 g/mol. The van der Waals surface area contributed by atoms with E-state index in [0.29, 0.717) is 5.75 Å². The van der Waals surface area contributed by atoms with Crippen molar-refractivity contribution in [1.29, 1.82) is 0 Å². The molecule has 0 saturated carbocycles. The maximum absolute atomic E-state index is 12.1. The number of hydrogen-bond donors (Lipinski definition) is 4. The van der Waals surface area contributed by atoms with Crippen molar-refractivity contribution in [2.24, 2.45) is 0 Å². The molecule has 0 bridgehead atoms. The number of rotatable bonds is 8. The average Bonchev–Trinajstić information content (AvgIpc) is 2.69. The highest BCUT2D eigenvalue weighted by atomic mass is 16.6. The number of nitro groups is 1. The number of carbonyl (C=O) groups is 1. The van der Waals surface area contributed by atoms with Gasteiger partial charge in [-0.05, 0) is 52.7 Å². The van der Waals surface area contributed by atoms with Crippen LogP contribution in [0.15, 0.2) is 36.7 Å². The Morgan fingerprint density at radius 3 is 2.41 bits per heavy atom. The number of piperidine rings is 1. The molecule has 1 saturated heterocycles. The Kier molecular flexibility index (Phi) is 6.78. The van der Waals surface area contributed by atoms with Gasteiger partial charge in [-0.1, -0.05) is 18.2 Å². The molecule has 0 unspecified atom stereocenters. The molecule has 0 atom stereocenters. The lowest BCUT2D eigenvalue weighted by Gasteiger charge is -2.46. The first-order chi connectivity index (χ1) is 15.0. The van der Waals surface area contributed by atoms with Crippen LogP contribution >= 0.6 is 0 Å². The van der Waals surface area contributed by atoms with E-state index in [-0.39, 0.29) is 41.0 Å². The number of aromatic nitrogens is 2. The van der Waals surface area contributed by atoms with E-state index in [1.807, 2.05) is 6.07 Å². The summed E-state index contributed by atoms with van der Waals surface area (Å²) in [6.45, 7) is 8.11. The number of hydrogen-bond acceptors (Lipinski definition) is 9. The lowest BCUT2D eigenvalue weighted by molar-refractivity contribution is -0.383. The average molecular weight is 444 g/mol. The van der Waals surface area contributed by atoms with Gasteiger partial charge >= 0.3 is 5.69 Å². The zero-order chi connectivity index (χ0) is 23.4. The number of benzene rings is 1. The minimum absolute atomic E-state index is 0.0310. The van der Waals surface area contributed by atoms with Crippen LogP contribution in [0.3, 0.4) is 0 Å². The van der Waals surface area contributed by atoms with Crippen LogP contribution in [0.1, 0.15) is 40.5 Å². The summed E-state index contributed by atoms with van der Waals surface area (Å²) in [6.07, 6.45) is 2.73. The third-order valence-corrected chi connectivity index (χ3v) is 4.97. The van der Waals surface area contributed by atoms with Gasteiger partial charge in [0.1, 0.15) is 12.1 Å². The summed E-state index contributed by atoms with van der Waals surface area (Å²) in [4.78, 5) is 31.3. The van der Waals surface area contributed by atoms with Crippen LogP contribution in [0.5, 0.6) is 5.75 Å². The first kappa shape index (κ1) is 23.2. The van der Waals surface area contributed by atoms with Crippen LogP contribution in [-0.4, -0.2) is 44.5 Å². The predicted molar refractivity (Wildman–Crippen MR) is 120 cm³/mol. The summed E-state index contributed by atoms with van der Waals surface area (Å²) >= 11 is 0. The molecule has 11 nitrogen and oxygen atoms in total. The summed E-state index contributed by atoms with van der Waals surface area (Å²) in [6, 6.07) is 8.81. The van der Waals surface area contributed by atoms with Gasteiger partial charge < -0.3 is 15.4 Å². The molecule has 11 heteroatoms. The molecule has 0 aliphatic carbocycles. The molecule has 1 amide bonds. The van der Waals surface area contributed by atoms with E-state index < -0.39 is 10.8 Å². The van der Waals surface area contributed by atoms with Crippen LogP contribution in [-0.2, 0) is 4.79 Å². The molecule has 1 aromatic carbocycles. The standard InChI is InChI=1S/C21H29N7O4/c1-20(2)10-14(11-21(3,4)27-20)24-18-17(28(30)31)19(23-13-22-18)26-25-16(29)12-32-15-8-6-5-7-9-15/h5-9,13-14,27H,10-12H2,1-4H3,(H,25,29)(H2,22,23,24,26). The fraction of sp³-hybridized carbons (Fsp3) is 0.476. The summed E-state index contributed by atoms with van der Waals surface area (Å²) in [5.74, 6) is 0.00176. The van der Waals surface area contributed by atoms with Crippen molar-refractivity contribution in [2.75, 3.05) is 17.3 Å². The number of para-hydroxylation sites is 1. The molecule has 2 heterocycles. The third-order valence-electron chi connectivity index (χ3n) is 4.97. The van der Waals surface area contributed by atoms with Crippen LogP contribution in [0.25, 0.3) is 0 Å². The Hall–Kier alpha value is -3.47. The van der Waals surface area contributed by atoms with E-state index in [1.165, 1.54) is 6.33 Å². The number of amides is 1. The highest BCUT2D eigenvalue weighted by Gasteiger charge is 2.38. The Morgan fingerprint density at radius 2 is 1.78 bits per heavy atom. The van der Waals surface area contributed by atoms with Crippen molar-refractivity contribution in [3.8, 4) is 5.75 Å². The predicted octanol–water partition coefficient (Wildman–Crippen LogP) is 2.63. The maximum Gasteiger partial charge on any atom is 0.354 e. The number of carbonyl (C=O) groups excluding carboxylic acids is 1. The van der Waals surface area contributed by atoms with Gasteiger partial charge in [-0.25, -0.2) is 9.97 Å². The topological polar surface area (TPSA) is 143 Å². The second kappa shape index (κ2) is 9.35. The van der Waals surface area contributed by atoms with Crippen molar-refractivity contribution in [3.05, 3.63) is 46.8 Å². The molecule has 2 aromatic rings. The van der Waals surface area contributed by atoms with Crippen LogP contribution < -0.4 is 26.2 Å². The fourth-order valence-electron chi connectivity index (χ4n) is 4.20. The molecular formula is C21H29N7O4. The van der Waals surface area contributed by atoms with Crippen molar-refractivity contribution in [3.63, 3.8) is 0 Å². The smallest absolute Gasteiger partial charge is 0.354 e. The summed E-state index contributed by atoms with van der Waals surface area (Å²) in [5, 5.41) is 18.6. The van der Waals surface area contributed by atoms with Crippen LogP contribution in [0, 0.1) is 10.1 Å². The molecule has 1 aliphatic heterocycles. The highest BCUT2D eigenvalue weighted by molar-refractivity contribution is 5.80. The van der Waals surface area contributed by atoms with Gasteiger partial charge in [0.15, 0.2) is 6.61 Å². The van der Waals surface area contributed by atoms with Gasteiger partial charge in [0.05, 0.1) is 4.92 Å². The quantitative estimate of drug-likeness (QED) is 0.357. The first-order valence-corrected chi connectivity index (χ1v) is 10.3. The molecule has 4 N–H and O–H groups in total. The van der Waals surface area contributed by atoms with E-state index in [0.717, 1.165) is 12.8 Å². The van der Waals surface area contributed by atoms with Crippen molar-refractivity contribution in [1.82, 2.24) is 20.7 Å². The molecule has 1 aliphatic rings. The summed E-state index contributed by atoms with van der Waals surface area (Å²) in [7, 11) is 0. The lowest BCUT2D eigenvalue weighted by Crippen LogP contribution is -2.60.